The Morgan fingerprint density at radius 1 is 0.769 bits per heavy atom. The Hall–Kier alpha value is -2.69. The molecule has 0 unspecified atom stereocenters. The Balaban J connectivity index is 1.55. The lowest BCUT2D eigenvalue weighted by atomic mass is 9.97. The summed E-state index contributed by atoms with van der Waals surface area (Å²) in [5.41, 5.74) is 3.96. The highest BCUT2D eigenvalue weighted by Gasteiger charge is 2.38. The number of benzene rings is 3. The molecule has 4 heteroatoms. The van der Waals surface area contributed by atoms with E-state index in [1.807, 2.05) is 54.6 Å². The van der Waals surface area contributed by atoms with E-state index in [4.69, 9.17) is 9.47 Å². The van der Waals surface area contributed by atoms with Gasteiger partial charge in [-0.05, 0) is 42.0 Å². The van der Waals surface area contributed by atoms with Crippen LogP contribution in [0.4, 0.5) is 15.8 Å². The van der Waals surface area contributed by atoms with Crippen LogP contribution in [0.3, 0.4) is 0 Å². The molecule has 0 aliphatic carbocycles. The van der Waals surface area contributed by atoms with Crippen LogP contribution < -0.4 is 5.32 Å². The molecule has 1 aliphatic rings. The molecule has 1 aliphatic heterocycles. The van der Waals surface area contributed by atoms with Gasteiger partial charge in [0.2, 0.25) is 0 Å². The molecule has 0 atom stereocenters. The van der Waals surface area contributed by atoms with Gasteiger partial charge in [0.05, 0.1) is 13.2 Å². The second-order valence-electron chi connectivity index (χ2n) is 6.32. The predicted molar refractivity (Wildman–Crippen MR) is 99.9 cm³/mol. The SMILES string of the molecule is Fc1ccc(CC2(c3ccc(Nc4ccccc4)cc3)OCCO2)cc1. The van der Waals surface area contributed by atoms with Crippen molar-refractivity contribution in [3.05, 3.63) is 95.8 Å². The number of para-hydroxylation sites is 1. The van der Waals surface area contributed by atoms with E-state index >= 15 is 0 Å². The third-order valence-electron chi connectivity index (χ3n) is 4.49. The maximum absolute atomic E-state index is 13.2. The van der Waals surface area contributed by atoms with Crippen LogP contribution in [0.25, 0.3) is 0 Å². The van der Waals surface area contributed by atoms with Gasteiger partial charge in [-0.15, -0.1) is 0 Å². The van der Waals surface area contributed by atoms with Crippen LogP contribution in [-0.4, -0.2) is 13.2 Å². The predicted octanol–water partition coefficient (Wildman–Crippen LogP) is 5.01. The molecule has 1 saturated heterocycles. The van der Waals surface area contributed by atoms with Gasteiger partial charge in [0.25, 0.3) is 0 Å². The summed E-state index contributed by atoms with van der Waals surface area (Å²) in [5.74, 6) is -1.06. The minimum Gasteiger partial charge on any atom is -0.356 e. The fourth-order valence-electron chi connectivity index (χ4n) is 3.19. The van der Waals surface area contributed by atoms with Gasteiger partial charge in [0.15, 0.2) is 5.79 Å². The molecule has 0 amide bonds. The van der Waals surface area contributed by atoms with Crippen molar-refractivity contribution in [3.8, 4) is 0 Å². The van der Waals surface area contributed by atoms with Crippen LogP contribution in [0.5, 0.6) is 0 Å². The maximum atomic E-state index is 13.2. The first-order valence-electron chi connectivity index (χ1n) is 8.69. The topological polar surface area (TPSA) is 30.5 Å². The molecule has 3 aromatic rings. The third kappa shape index (κ3) is 3.62. The van der Waals surface area contributed by atoms with E-state index in [1.165, 1.54) is 12.1 Å². The average Bonchev–Trinajstić information content (AvgIpc) is 3.15. The van der Waals surface area contributed by atoms with Crippen LogP contribution in [0.1, 0.15) is 11.1 Å². The Morgan fingerprint density at radius 2 is 1.38 bits per heavy atom. The molecule has 0 spiro atoms. The lowest BCUT2D eigenvalue weighted by Gasteiger charge is -2.28. The first kappa shape index (κ1) is 16.8. The van der Waals surface area contributed by atoms with Gasteiger partial charge in [-0.1, -0.05) is 42.5 Å². The van der Waals surface area contributed by atoms with Gasteiger partial charge in [-0.3, -0.25) is 0 Å². The van der Waals surface area contributed by atoms with Crippen molar-refractivity contribution >= 4 is 11.4 Å². The summed E-state index contributed by atoms with van der Waals surface area (Å²) >= 11 is 0. The summed E-state index contributed by atoms with van der Waals surface area (Å²) in [6, 6.07) is 24.5. The molecular weight excluding hydrogens is 329 g/mol. The molecule has 0 bridgehead atoms. The van der Waals surface area contributed by atoms with E-state index in [0.29, 0.717) is 19.6 Å². The number of hydrogen-bond donors (Lipinski definition) is 1. The highest BCUT2D eigenvalue weighted by molar-refractivity contribution is 5.59. The molecular formula is C22H20FNO2. The Kier molecular flexibility index (Phi) is 4.69. The Morgan fingerprint density at radius 3 is 2.04 bits per heavy atom. The van der Waals surface area contributed by atoms with Crippen LogP contribution in [0.2, 0.25) is 0 Å². The minimum atomic E-state index is -0.816. The third-order valence-corrected chi connectivity index (χ3v) is 4.49. The Labute approximate surface area is 152 Å². The van der Waals surface area contributed by atoms with Gasteiger partial charge in [-0.2, -0.15) is 0 Å². The average molecular weight is 349 g/mol. The summed E-state index contributed by atoms with van der Waals surface area (Å²) in [7, 11) is 0. The molecule has 0 radical (unpaired) electrons. The maximum Gasteiger partial charge on any atom is 0.199 e. The molecule has 26 heavy (non-hydrogen) atoms. The lowest BCUT2D eigenvalue weighted by Crippen LogP contribution is -2.30. The molecule has 3 aromatic carbocycles. The number of ether oxygens (including phenoxy) is 2. The van der Waals surface area contributed by atoms with E-state index in [9.17, 15) is 4.39 Å². The van der Waals surface area contributed by atoms with Crippen molar-refractivity contribution in [1.29, 1.82) is 0 Å². The molecule has 3 nitrogen and oxygen atoms in total. The number of hydrogen-bond acceptors (Lipinski definition) is 3. The first-order valence-corrected chi connectivity index (χ1v) is 8.69. The van der Waals surface area contributed by atoms with Crippen molar-refractivity contribution in [1.82, 2.24) is 0 Å². The molecule has 0 saturated carbocycles. The fourth-order valence-corrected chi connectivity index (χ4v) is 3.19. The van der Waals surface area contributed by atoms with E-state index < -0.39 is 5.79 Å². The van der Waals surface area contributed by atoms with Crippen molar-refractivity contribution in [3.63, 3.8) is 0 Å². The van der Waals surface area contributed by atoms with Crippen LogP contribution in [0, 0.1) is 5.82 Å². The summed E-state index contributed by atoms with van der Waals surface area (Å²) < 4.78 is 25.1. The molecule has 132 valence electrons. The van der Waals surface area contributed by atoms with Crippen molar-refractivity contribution in [2.24, 2.45) is 0 Å². The lowest BCUT2D eigenvalue weighted by molar-refractivity contribution is -0.164. The smallest absolute Gasteiger partial charge is 0.199 e. The van der Waals surface area contributed by atoms with Crippen LogP contribution in [-0.2, 0) is 21.7 Å². The quantitative estimate of drug-likeness (QED) is 0.702. The zero-order valence-corrected chi connectivity index (χ0v) is 14.3. The summed E-state index contributed by atoms with van der Waals surface area (Å²) in [4.78, 5) is 0. The van der Waals surface area contributed by atoms with E-state index in [0.717, 1.165) is 22.5 Å². The van der Waals surface area contributed by atoms with Crippen LogP contribution >= 0.6 is 0 Å². The fraction of sp³-hybridized carbons (Fsp3) is 0.182. The van der Waals surface area contributed by atoms with Crippen molar-refractivity contribution in [2.45, 2.75) is 12.2 Å². The van der Waals surface area contributed by atoms with Crippen molar-refractivity contribution < 1.29 is 13.9 Å². The normalized spacial score (nSPS) is 15.7. The van der Waals surface area contributed by atoms with Gasteiger partial charge in [0.1, 0.15) is 5.82 Å². The number of nitrogens with one attached hydrogen (secondary N) is 1. The molecule has 1 N–H and O–H groups in total. The van der Waals surface area contributed by atoms with Crippen LogP contribution in [0.15, 0.2) is 78.9 Å². The Bertz CT molecular complexity index is 842. The molecule has 1 heterocycles. The largest absolute Gasteiger partial charge is 0.356 e. The van der Waals surface area contributed by atoms with E-state index in [2.05, 4.69) is 5.32 Å². The zero-order valence-electron chi connectivity index (χ0n) is 14.3. The zero-order chi connectivity index (χ0) is 17.8. The van der Waals surface area contributed by atoms with E-state index in [1.54, 1.807) is 12.1 Å². The molecule has 4 rings (SSSR count). The summed E-state index contributed by atoms with van der Waals surface area (Å²) in [6.45, 7) is 1.09. The number of anilines is 2. The van der Waals surface area contributed by atoms with Gasteiger partial charge in [0, 0.05) is 23.4 Å². The van der Waals surface area contributed by atoms with E-state index in [-0.39, 0.29) is 5.82 Å². The standard InChI is InChI=1S/C22H20FNO2/c23-19-10-6-17(7-11-19)16-22(25-14-15-26-22)18-8-12-21(13-9-18)24-20-4-2-1-3-5-20/h1-13,24H,14-16H2. The monoisotopic (exact) mass is 349 g/mol. The second-order valence-corrected chi connectivity index (χ2v) is 6.32. The highest BCUT2D eigenvalue weighted by atomic mass is 19.1. The van der Waals surface area contributed by atoms with Crippen molar-refractivity contribution in [2.75, 3.05) is 18.5 Å². The first-order chi connectivity index (χ1) is 12.7. The molecule has 1 fully saturated rings. The number of rotatable bonds is 5. The summed E-state index contributed by atoms with van der Waals surface area (Å²) in [6.07, 6.45) is 0.540. The van der Waals surface area contributed by atoms with Gasteiger partial charge >= 0.3 is 0 Å². The van der Waals surface area contributed by atoms with Gasteiger partial charge < -0.3 is 14.8 Å². The molecule has 0 aromatic heterocycles. The van der Waals surface area contributed by atoms with Gasteiger partial charge in [-0.25, -0.2) is 4.39 Å². The second kappa shape index (κ2) is 7.28. The summed E-state index contributed by atoms with van der Waals surface area (Å²) in [5, 5.41) is 3.37. The number of halogens is 1. The minimum absolute atomic E-state index is 0.243. The highest BCUT2D eigenvalue weighted by Crippen LogP contribution is 2.36.